The second-order valence-electron chi connectivity index (χ2n) is 3.21. The van der Waals surface area contributed by atoms with Crippen molar-refractivity contribution in [1.29, 1.82) is 0 Å². The maximum atomic E-state index is 11.5. The highest BCUT2D eigenvalue weighted by Crippen LogP contribution is 2.11. The zero-order chi connectivity index (χ0) is 9.84. The Labute approximate surface area is 86.2 Å². The van der Waals surface area contributed by atoms with E-state index in [1.54, 1.807) is 17.1 Å². The summed E-state index contributed by atoms with van der Waals surface area (Å²) in [4.78, 5) is 11.3. The largest absolute Gasteiger partial charge is 0.272 e. The third-order valence-corrected chi connectivity index (χ3v) is 3.15. The number of carbonyl (C=O) groups is 1. The Morgan fingerprint density at radius 3 is 2.38 bits per heavy atom. The van der Waals surface area contributed by atoms with E-state index in [1.807, 2.05) is 26.0 Å². The topological polar surface area (TPSA) is 34.0 Å². The molecule has 1 atom stereocenters. The Balaban J connectivity index is 2.51. The lowest BCUT2D eigenvalue weighted by molar-refractivity contribution is -0.117. The van der Waals surface area contributed by atoms with Crippen LogP contribution < -0.4 is 5.43 Å². The fourth-order valence-corrected chi connectivity index (χ4v) is 1.00. The minimum Gasteiger partial charge on any atom is -0.272 e. The molecule has 0 fully saturated rings. The molecule has 1 unspecified atom stereocenters. The molecule has 1 aromatic heterocycles. The normalized spacial score (nSPS) is 12.9. The zero-order valence-electron chi connectivity index (χ0n) is 7.70. The molecule has 1 N–H and O–H groups in total. The minimum atomic E-state index is -0.144. The van der Waals surface area contributed by atoms with E-state index in [2.05, 4.69) is 21.4 Å². The molecule has 0 saturated carbocycles. The third kappa shape index (κ3) is 2.88. The predicted molar refractivity (Wildman–Crippen MR) is 56.4 cm³/mol. The van der Waals surface area contributed by atoms with Crippen LogP contribution in [0.5, 0.6) is 0 Å². The maximum Gasteiger partial charge on any atom is 0.252 e. The second kappa shape index (κ2) is 4.46. The predicted octanol–water partition coefficient (Wildman–Crippen LogP) is 1.98. The monoisotopic (exact) mass is 244 g/mol. The van der Waals surface area contributed by atoms with Gasteiger partial charge in [-0.05, 0) is 18.1 Å². The number of alkyl halides is 1. The third-order valence-electron chi connectivity index (χ3n) is 1.68. The van der Waals surface area contributed by atoms with Crippen LogP contribution in [0.2, 0.25) is 0 Å². The summed E-state index contributed by atoms with van der Waals surface area (Å²) in [6.45, 7) is 3.99. The van der Waals surface area contributed by atoms with Gasteiger partial charge in [0.25, 0.3) is 5.91 Å². The van der Waals surface area contributed by atoms with E-state index < -0.39 is 0 Å². The smallest absolute Gasteiger partial charge is 0.252 e. The molecule has 0 radical (unpaired) electrons. The van der Waals surface area contributed by atoms with Crippen LogP contribution in [0.4, 0.5) is 0 Å². The molecular formula is C9H13BrN2O. The van der Waals surface area contributed by atoms with Crippen LogP contribution in [0.25, 0.3) is 0 Å². The zero-order valence-corrected chi connectivity index (χ0v) is 9.28. The summed E-state index contributed by atoms with van der Waals surface area (Å²) in [7, 11) is 0. The molecule has 1 rings (SSSR count). The van der Waals surface area contributed by atoms with Gasteiger partial charge in [-0.25, -0.2) is 0 Å². The number of carbonyl (C=O) groups excluding carboxylic acids is 1. The van der Waals surface area contributed by atoms with Gasteiger partial charge in [0.1, 0.15) is 0 Å². The molecule has 1 aromatic rings. The summed E-state index contributed by atoms with van der Waals surface area (Å²) in [6.07, 6.45) is 3.58. The van der Waals surface area contributed by atoms with E-state index >= 15 is 0 Å². The van der Waals surface area contributed by atoms with Crippen LogP contribution in [0.3, 0.4) is 0 Å². The van der Waals surface area contributed by atoms with Crippen LogP contribution in [0, 0.1) is 5.92 Å². The van der Waals surface area contributed by atoms with Crippen molar-refractivity contribution < 1.29 is 4.79 Å². The van der Waals surface area contributed by atoms with Crippen LogP contribution in [0.1, 0.15) is 13.8 Å². The average molecular weight is 245 g/mol. The number of hydrogen-bond donors (Lipinski definition) is 1. The summed E-state index contributed by atoms with van der Waals surface area (Å²) >= 11 is 3.33. The Kier molecular flexibility index (Phi) is 3.54. The van der Waals surface area contributed by atoms with E-state index in [4.69, 9.17) is 0 Å². The van der Waals surface area contributed by atoms with Crippen molar-refractivity contribution in [2.45, 2.75) is 18.7 Å². The highest BCUT2D eigenvalue weighted by atomic mass is 79.9. The van der Waals surface area contributed by atoms with Crippen molar-refractivity contribution in [2.75, 3.05) is 5.43 Å². The van der Waals surface area contributed by atoms with Crippen molar-refractivity contribution in [2.24, 2.45) is 5.92 Å². The van der Waals surface area contributed by atoms with E-state index in [-0.39, 0.29) is 16.7 Å². The lowest BCUT2D eigenvalue weighted by atomic mass is 10.1. The fourth-order valence-electron chi connectivity index (χ4n) is 0.901. The summed E-state index contributed by atoms with van der Waals surface area (Å²) in [5.41, 5.74) is 2.73. The Morgan fingerprint density at radius 1 is 1.38 bits per heavy atom. The summed E-state index contributed by atoms with van der Waals surface area (Å²) in [5, 5.41) is 0. The van der Waals surface area contributed by atoms with Crippen LogP contribution in [-0.2, 0) is 4.79 Å². The van der Waals surface area contributed by atoms with Gasteiger partial charge < -0.3 is 0 Å². The molecule has 4 heteroatoms. The van der Waals surface area contributed by atoms with Gasteiger partial charge in [0.15, 0.2) is 0 Å². The van der Waals surface area contributed by atoms with E-state index in [9.17, 15) is 4.79 Å². The molecule has 0 aliphatic heterocycles. The molecule has 1 amide bonds. The van der Waals surface area contributed by atoms with Crippen LogP contribution in [-0.4, -0.2) is 15.4 Å². The summed E-state index contributed by atoms with van der Waals surface area (Å²) in [6, 6.07) is 3.72. The molecule has 13 heavy (non-hydrogen) atoms. The van der Waals surface area contributed by atoms with Crippen molar-refractivity contribution in [3.05, 3.63) is 24.5 Å². The molecule has 1 heterocycles. The van der Waals surface area contributed by atoms with E-state index in [0.717, 1.165) is 0 Å². The number of nitrogens with zero attached hydrogens (tertiary/aromatic N) is 1. The molecule has 0 aromatic carbocycles. The molecule has 0 bridgehead atoms. The molecule has 72 valence electrons. The lowest BCUT2D eigenvalue weighted by Crippen LogP contribution is -2.31. The van der Waals surface area contributed by atoms with E-state index in [1.165, 1.54) is 0 Å². The van der Waals surface area contributed by atoms with Crippen molar-refractivity contribution in [1.82, 2.24) is 4.68 Å². The van der Waals surface area contributed by atoms with Gasteiger partial charge in [-0.1, -0.05) is 29.8 Å². The number of rotatable bonds is 3. The molecule has 0 aliphatic rings. The van der Waals surface area contributed by atoms with Crippen molar-refractivity contribution in [3.8, 4) is 0 Å². The Hall–Kier alpha value is -0.770. The van der Waals surface area contributed by atoms with Crippen LogP contribution in [0.15, 0.2) is 24.5 Å². The first-order chi connectivity index (χ1) is 6.11. The minimum absolute atomic E-state index is 0.0220. The molecule has 0 spiro atoms. The van der Waals surface area contributed by atoms with Crippen LogP contribution >= 0.6 is 15.9 Å². The molecule has 0 saturated heterocycles. The fraction of sp³-hybridized carbons (Fsp3) is 0.444. The molecular weight excluding hydrogens is 232 g/mol. The van der Waals surface area contributed by atoms with Gasteiger partial charge in [-0.3, -0.25) is 14.9 Å². The average Bonchev–Trinajstić information content (AvgIpc) is 2.55. The number of nitrogens with one attached hydrogen (secondary N) is 1. The summed E-state index contributed by atoms with van der Waals surface area (Å²) < 4.78 is 1.64. The van der Waals surface area contributed by atoms with Gasteiger partial charge in [-0.15, -0.1) is 0 Å². The second-order valence-corrected chi connectivity index (χ2v) is 4.20. The van der Waals surface area contributed by atoms with Gasteiger partial charge >= 0.3 is 0 Å². The first-order valence-corrected chi connectivity index (χ1v) is 5.10. The Morgan fingerprint density at radius 2 is 1.92 bits per heavy atom. The van der Waals surface area contributed by atoms with Gasteiger partial charge in [0, 0.05) is 12.4 Å². The van der Waals surface area contributed by atoms with Crippen molar-refractivity contribution in [3.63, 3.8) is 0 Å². The Bertz CT molecular complexity index is 269. The first-order valence-electron chi connectivity index (χ1n) is 4.19. The highest BCUT2D eigenvalue weighted by molar-refractivity contribution is 9.10. The van der Waals surface area contributed by atoms with Gasteiger partial charge in [0.2, 0.25) is 0 Å². The SMILES string of the molecule is CC(C)C(Br)C(=O)Nn1cccc1. The standard InChI is InChI=1S/C9H13BrN2O/c1-7(2)8(10)9(13)11-12-5-3-4-6-12/h3-8H,1-2H3,(H,11,13). The number of amides is 1. The van der Waals surface area contributed by atoms with Gasteiger partial charge in [0.05, 0.1) is 4.83 Å². The number of halogens is 1. The molecule has 0 aliphatic carbocycles. The first kappa shape index (κ1) is 10.3. The number of hydrogen-bond acceptors (Lipinski definition) is 1. The van der Waals surface area contributed by atoms with Crippen molar-refractivity contribution >= 4 is 21.8 Å². The van der Waals surface area contributed by atoms with E-state index in [0.29, 0.717) is 0 Å². The maximum absolute atomic E-state index is 11.5. The number of aromatic nitrogens is 1. The lowest BCUT2D eigenvalue weighted by Gasteiger charge is -2.13. The van der Waals surface area contributed by atoms with Gasteiger partial charge in [-0.2, -0.15) is 0 Å². The quantitative estimate of drug-likeness (QED) is 0.811. The summed E-state index contributed by atoms with van der Waals surface area (Å²) in [5.74, 6) is 0.266. The highest BCUT2D eigenvalue weighted by Gasteiger charge is 2.18. The molecule has 3 nitrogen and oxygen atoms in total.